The average Bonchev–Trinajstić information content (AvgIpc) is 2.77. The smallest absolute Gasteiger partial charge is 0.220 e. The Morgan fingerprint density at radius 3 is 3.13 bits per heavy atom. The number of amides is 1. The van der Waals surface area contributed by atoms with Crippen LogP contribution in [0.5, 0.6) is 0 Å². The van der Waals surface area contributed by atoms with Gasteiger partial charge < -0.3 is 15.6 Å². The zero-order valence-electron chi connectivity index (χ0n) is 8.84. The maximum atomic E-state index is 10.9. The Bertz CT molecular complexity index is 347. The Balaban J connectivity index is 1.71. The molecule has 1 unspecified atom stereocenters. The van der Waals surface area contributed by atoms with Gasteiger partial charge in [0.15, 0.2) is 0 Å². The third-order valence-electron chi connectivity index (χ3n) is 2.70. The number of carbonyl (C=O) groups is 1. The molecule has 5 nitrogen and oxygen atoms in total. The second-order valence-electron chi connectivity index (χ2n) is 3.91. The number of rotatable bonds is 4. The molecule has 0 radical (unpaired) electrons. The molecule has 1 amide bonds. The Morgan fingerprint density at radius 1 is 1.67 bits per heavy atom. The van der Waals surface area contributed by atoms with Gasteiger partial charge in [-0.3, -0.25) is 4.79 Å². The van der Waals surface area contributed by atoms with Crippen molar-refractivity contribution in [1.29, 1.82) is 0 Å². The number of nitrogens with zero attached hydrogens (tertiary/aromatic N) is 1. The first-order chi connectivity index (χ1) is 7.25. The molecule has 15 heavy (non-hydrogen) atoms. The van der Waals surface area contributed by atoms with Crippen molar-refractivity contribution in [2.75, 3.05) is 6.54 Å². The van der Waals surface area contributed by atoms with Gasteiger partial charge in [-0.05, 0) is 13.3 Å². The third kappa shape index (κ3) is 2.56. The zero-order chi connectivity index (χ0) is 10.7. The number of aryl methyl sites for hydroxylation is 1. The van der Waals surface area contributed by atoms with Crippen molar-refractivity contribution >= 4 is 5.91 Å². The van der Waals surface area contributed by atoms with Crippen LogP contribution in [0.3, 0.4) is 0 Å². The molecule has 1 aromatic heterocycles. The maximum absolute atomic E-state index is 10.9. The topological polar surface area (TPSA) is 69.8 Å². The lowest BCUT2D eigenvalue weighted by atomic mass is 10.2. The van der Waals surface area contributed by atoms with E-state index in [0.717, 1.165) is 30.9 Å². The summed E-state index contributed by atoms with van der Waals surface area (Å²) in [6.07, 6.45) is 3.29. The van der Waals surface area contributed by atoms with Gasteiger partial charge in [0.05, 0.1) is 12.0 Å². The average molecular weight is 208 g/mol. The molecule has 3 N–H and O–H groups in total. The Morgan fingerprint density at radius 2 is 2.53 bits per heavy atom. The molecule has 0 bridgehead atoms. The molecule has 0 aliphatic carbocycles. The number of aromatic amines is 1. The zero-order valence-corrected chi connectivity index (χ0v) is 8.84. The molecule has 82 valence electrons. The Labute approximate surface area is 88.7 Å². The van der Waals surface area contributed by atoms with Gasteiger partial charge in [-0.25, -0.2) is 4.98 Å². The fourth-order valence-corrected chi connectivity index (χ4v) is 1.76. The minimum Gasteiger partial charge on any atom is -0.352 e. The molecule has 1 aliphatic heterocycles. The van der Waals surface area contributed by atoms with Gasteiger partial charge in [0.2, 0.25) is 5.91 Å². The van der Waals surface area contributed by atoms with Gasteiger partial charge in [0.1, 0.15) is 0 Å². The minimum absolute atomic E-state index is 0.165. The van der Waals surface area contributed by atoms with E-state index in [1.807, 2.05) is 6.92 Å². The van der Waals surface area contributed by atoms with Gasteiger partial charge in [-0.2, -0.15) is 0 Å². The lowest BCUT2D eigenvalue weighted by Crippen LogP contribution is -2.35. The van der Waals surface area contributed by atoms with Crippen LogP contribution in [0.25, 0.3) is 0 Å². The lowest BCUT2D eigenvalue weighted by molar-refractivity contribution is -0.119. The van der Waals surface area contributed by atoms with Crippen molar-refractivity contribution in [1.82, 2.24) is 20.6 Å². The molecular weight excluding hydrogens is 192 g/mol. The van der Waals surface area contributed by atoms with E-state index in [2.05, 4.69) is 20.6 Å². The molecule has 1 aromatic rings. The minimum atomic E-state index is 0.165. The summed E-state index contributed by atoms with van der Waals surface area (Å²) in [7, 11) is 0. The molecule has 1 aliphatic rings. The van der Waals surface area contributed by atoms with Crippen LogP contribution >= 0.6 is 0 Å². The summed E-state index contributed by atoms with van der Waals surface area (Å²) in [6, 6.07) is 0.289. The lowest BCUT2D eigenvalue weighted by Gasteiger charge is -2.10. The second-order valence-corrected chi connectivity index (χ2v) is 3.91. The van der Waals surface area contributed by atoms with E-state index in [1.54, 1.807) is 6.33 Å². The van der Waals surface area contributed by atoms with E-state index in [-0.39, 0.29) is 11.9 Å². The van der Waals surface area contributed by atoms with Crippen LogP contribution in [-0.4, -0.2) is 28.5 Å². The van der Waals surface area contributed by atoms with Crippen LogP contribution in [0.1, 0.15) is 24.2 Å². The predicted octanol–water partition coefficient (Wildman–Crippen LogP) is 0.0863. The predicted molar refractivity (Wildman–Crippen MR) is 56.2 cm³/mol. The van der Waals surface area contributed by atoms with E-state index < -0.39 is 0 Å². The van der Waals surface area contributed by atoms with Crippen molar-refractivity contribution < 1.29 is 4.79 Å². The molecular formula is C10H16N4O. The van der Waals surface area contributed by atoms with Gasteiger partial charge >= 0.3 is 0 Å². The fraction of sp³-hybridized carbons (Fsp3) is 0.600. The molecule has 1 atom stereocenters. The molecule has 0 aromatic carbocycles. The van der Waals surface area contributed by atoms with Crippen LogP contribution < -0.4 is 10.6 Å². The summed E-state index contributed by atoms with van der Waals surface area (Å²) in [5, 5.41) is 6.21. The first-order valence-electron chi connectivity index (χ1n) is 5.24. The summed E-state index contributed by atoms with van der Waals surface area (Å²) in [5.41, 5.74) is 2.14. The number of H-pyrrole nitrogens is 1. The van der Waals surface area contributed by atoms with Crippen LogP contribution in [-0.2, 0) is 11.3 Å². The van der Waals surface area contributed by atoms with Gasteiger partial charge in [-0.15, -0.1) is 0 Å². The molecule has 0 saturated carbocycles. The van der Waals surface area contributed by atoms with E-state index in [1.165, 1.54) is 0 Å². The summed E-state index contributed by atoms with van der Waals surface area (Å²) >= 11 is 0. The molecule has 1 fully saturated rings. The van der Waals surface area contributed by atoms with Crippen LogP contribution in [0.2, 0.25) is 0 Å². The first-order valence-corrected chi connectivity index (χ1v) is 5.24. The largest absolute Gasteiger partial charge is 0.352 e. The van der Waals surface area contributed by atoms with E-state index in [9.17, 15) is 4.79 Å². The maximum Gasteiger partial charge on any atom is 0.220 e. The third-order valence-corrected chi connectivity index (χ3v) is 2.70. The highest BCUT2D eigenvalue weighted by atomic mass is 16.1. The highest BCUT2D eigenvalue weighted by Crippen LogP contribution is 2.05. The standard InChI is InChI=1S/C10H16N4O/c1-7-9(13-6-12-7)5-11-4-8-2-3-10(15)14-8/h6,8,11H,2-5H2,1H3,(H,12,13)(H,14,15). The van der Waals surface area contributed by atoms with Crippen molar-refractivity contribution in [3.63, 3.8) is 0 Å². The second kappa shape index (κ2) is 4.44. The van der Waals surface area contributed by atoms with Crippen molar-refractivity contribution in [3.8, 4) is 0 Å². The highest BCUT2D eigenvalue weighted by Gasteiger charge is 2.19. The molecule has 0 spiro atoms. The SMILES string of the molecule is Cc1[nH]cnc1CNCC1CCC(=O)N1. The number of hydrogen-bond donors (Lipinski definition) is 3. The molecule has 2 rings (SSSR count). The van der Waals surface area contributed by atoms with E-state index in [0.29, 0.717) is 6.42 Å². The van der Waals surface area contributed by atoms with E-state index >= 15 is 0 Å². The van der Waals surface area contributed by atoms with Crippen LogP contribution in [0.4, 0.5) is 0 Å². The quantitative estimate of drug-likeness (QED) is 0.656. The summed E-state index contributed by atoms with van der Waals surface area (Å²) in [5.74, 6) is 0.165. The number of hydrogen-bond acceptors (Lipinski definition) is 3. The van der Waals surface area contributed by atoms with E-state index in [4.69, 9.17) is 0 Å². The summed E-state index contributed by atoms with van der Waals surface area (Å²) < 4.78 is 0. The monoisotopic (exact) mass is 208 g/mol. The normalized spacial score (nSPS) is 20.6. The molecule has 1 saturated heterocycles. The van der Waals surface area contributed by atoms with Crippen molar-refractivity contribution in [3.05, 3.63) is 17.7 Å². The summed E-state index contributed by atoms with van der Waals surface area (Å²) in [4.78, 5) is 18.2. The molecule has 2 heterocycles. The van der Waals surface area contributed by atoms with Crippen LogP contribution in [0.15, 0.2) is 6.33 Å². The van der Waals surface area contributed by atoms with Crippen molar-refractivity contribution in [2.24, 2.45) is 0 Å². The first kappa shape index (κ1) is 10.2. The number of carbonyl (C=O) groups excluding carboxylic acids is 1. The molecule has 5 heteroatoms. The number of aromatic nitrogens is 2. The highest BCUT2D eigenvalue weighted by molar-refractivity contribution is 5.78. The van der Waals surface area contributed by atoms with Crippen molar-refractivity contribution in [2.45, 2.75) is 32.4 Å². The Kier molecular flexibility index (Phi) is 3.01. The Hall–Kier alpha value is -1.36. The number of imidazole rings is 1. The van der Waals surface area contributed by atoms with Crippen LogP contribution in [0, 0.1) is 6.92 Å². The number of nitrogens with one attached hydrogen (secondary N) is 3. The fourth-order valence-electron chi connectivity index (χ4n) is 1.76. The van der Waals surface area contributed by atoms with Gasteiger partial charge in [-0.1, -0.05) is 0 Å². The summed E-state index contributed by atoms with van der Waals surface area (Å²) in [6.45, 7) is 3.57. The van der Waals surface area contributed by atoms with Gasteiger partial charge in [0.25, 0.3) is 0 Å². The van der Waals surface area contributed by atoms with Gasteiger partial charge in [0, 0.05) is 31.2 Å².